The van der Waals surface area contributed by atoms with Gasteiger partial charge in [-0.2, -0.15) is 0 Å². The lowest BCUT2D eigenvalue weighted by Crippen LogP contribution is -2.45. The lowest BCUT2D eigenvalue weighted by atomic mass is 9.98. The lowest BCUT2D eigenvalue weighted by Gasteiger charge is -2.32. The van der Waals surface area contributed by atoms with Gasteiger partial charge in [-0.3, -0.25) is 4.79 Å². The Labute approximate surface area is 172 Å². The number of hydrogen-bond acceptors (Lipinski definition) is 6. The zero-order valence-corrected chi connectivity index (χ0v) is 17.2. The van der Waals surface area contributed by atoms with Crippen molar-refractivity contribution in [3.8, 4) is 5.75 Å². The first kappa shape index (κ1) is 19.6. The second-order valence-electron chi connectivity index (χ2n) is 8.24. The first-order valence-corrected chi connectivity index (χ1v) is 10.3. The number of anilines is 1. The number of carbonyl (C=O) groups is 1. The van der Waals surface area contributed by atoms with Gasteiger partial charge < -0.3 is 19.8 Å². The summed E-state index contributed by atoms with van der Waals surface area (Å²) in [7, 11) is 2.12. The summed E-state index contributed by atoms with van der Waals surface area (Å²) in [6, 6.07) is 7.38. The number of aromatic hydroxyl groups is 1. The SMILES string of the molecule is Cc1nc(N2CCN(C)CC2)ncc1C(=O)N1CCC(Cc2cccc(O)c2)C1. The molecule has 1 atom stereocenters. The van der Waals surface area contributed by atoms with Gasteiger partial charge in [-0.15, -0.1) is 0 Å². The molecule has 2 fully saturated rings. The molecule has 4 rings (SSSR count). The number of rotatable bonds is 4. The maximum atomic E-state index is 13.0. The highest BCUT2D eigenvalue weighted by Gasteiger charge is 2.29. The Hall–Kier alpha value is -2.67. The van der Waals surface area contributed by atoms with Gasteiger partial charge in [0.05, 0.1) is 11.3 Å². The minimum atomic E-state index is 0.0193. The van der Waals surface area contributed by atoms with Crippen LogP contribution in [0.15, 0.2) is 30.5 Å². The van der Waals surface area contributed by atoms with E-state index in [2.05, 4.69) is 26.8 Å². The van der Waals surface area contributed by atoms with Crippen molar-refractivity contribution in [3.63, 3.8) is 0 Å². The molecule has 1 amide bonds. The van der Waals surface area contributed by atoms with Crippen LogP contribution in [0.2, 0.25) is 0 Å². The number of likely N-dealkylation sites (N-methyl/N-ethyl adjacent to an activating group) is 1. The number of carbonyl (C=O) groups excluding carboxylic acids is 1. The molecule has 7 nitrogen and oxygen atoms in total. The fraction of sp³-hybridized carbons (Fsp3) is 0.500. The summed E-state index contributed by atoms with van der Waals surface area (Å²) < 4.78 is 0. The smallest absolute Gasteiger partial charge is 0.257 e. The molecule has 0 aliphatic carbocycles. The van der Waals surface area contributed by atoms with Gasteiger partial charge >= 0.3 is 0 Å². The molecule has 2 saturated heterocycles. The summed E-state index contributed by atoms with van der Waals surface area (Å²) in [6.45, 7) is 7.19. The molecule has 3 heterocycles. The highest BCUT2D eigenvalue weighted by Crippen LogP contribution is 2.24. The Kier molecular flexibility index (Phi) is 5.67. The van der Waals surface area contributed by atoms with Crippen molar-refractivity contribution in [2.75, 3.05) is 51.2 Å². The number of phenols is 1. The van der Waals surface area contributed by atoms with Gasteiger partial charge in [-0.1, -0.05) is 12.1 Å². The maximum absolute atomic E-state index is 13.0. The molecule has 1 N–H and O–H groups in total. The molecule has 154 valence electrons. The van der Waals surface area contributed by atoms with Crippen molar-refractivity contribution in [1.82, 2.24) is 19.8 Å². The van der Waals surface area contributed by atoms with E-state index in [-0.39, 0.29) is 5.91 Å². The van der Waals surface area contributed by atoms with Crippen LogP contribution in [-0.4, -0.2) is 77.1 Å². The second kappa shape index (κ2) is 8.37. The number of hydrogen-bond donors (Lipinski definition) is 1. The van der Waals surface area contributed by atoms with Crippen molar-refractivity contribution in [2.24, 2.45) is 5.92 Å². The van der Waals surface area contributed by atoms with E-state index >= 15 is 0 Å². The van der Waals surface area contributed by atoms with Crippen LogP contribution in [0.1, 0.15) is 28.0 Å². The summed E-state index contributed by atoms with van der Waals surface area (Å²) in [5.74, 6) is 1.44. The van der Waals surface area contributed by atoms with E-state index in [1.54, 1.807) is 18.3 Å². The van der Waals surface area contributed by atoms with Crippen LogP contribution < -0.4 is 4.90 Å². The van der Waals surface area contributed by atoms with Crippen LogP contribution in [0.25, 0.3) is 0 Å². The summed E-state index contributed by atoms with van der Waals surface area (Å²) in [5, 5.41) is 9.65. The predicted octanol–water partition coefficient (Wildman–Crippen LogP) is 1.95. The van der Waals surface area contributed by atoms with Crippen molar-refractivity contribution >= 4 is 11.9 Å². The topological polar surface area (TPSA) is 72.8 Å². The molecule has 1 unspecified atom stereocenters. The molecule has 0 bridgehead atoms. The Balaban J connectivity index is 1.39. The third-order valence-electron chi connectivity index (χ3n) is 5.99. The summed E-state index contributed by atoms with van der Waals surface area (Å²) in [5.41, 5.74) is 2.46. The number of phenolic OH excluding ortho intramolecular Hbond substituents is 1. The van der Waals surface area contributed by atoms with Crippen molar-refractivity contribution < 1.29 is 9.90 Å². The van der Waals surface area contributed by atoms with Gasteiger partial charge in [0.2, 0.25) is 5.95 Å². The molecule has 7 heteroatoms. The minimum Gasteiger partial charge on any atom is -0.508 e. The normalized spacial score (nSPS) is 20.3. The molecule has 29 heavy (non-hydrogen) atoms. The van der Waals surface area contributed by atoms with Gasteiger partial charge in [0.25, 0.3) is 5.91 Å². The standard InChI is InChI=1S/C22H29N5O2/c1-16-20(14-23-22(24-16)26-10-8-25(2)9-11-26)21(29)27-7-6-18(15-27)12-17-4-3-5-19(28)13-17/h3-5,13-14,18,28H,6-12,15H2,1-2H3. The molecule has 2 aliphatic heterocycles. The zero-order chi connectivity index (χ0) is 20.4. The van der Waals surface area contributed by atoms with E-state index < -0.39 is 0 Å². The van der Waals surface area contributed by atoms with E-state index in [9.17, 15) is 9.90 Å². The maximum Gasteiger partial charge on any atom is 0.257 e. The number of likely N-dealkylation sites (tertiary alicyclic amines) is 1. The zero-order valence-electron chi connectivity index (χ0n) is 17.2. The van der Waals surface area contributed by atoms with Crippen LogP contribution >= 0.6 is 0 Å². The number of piperazine rings is 1. The molecule has 2 aromatic rings. The quantitative estimate of drug-likeness (QED) is 0.853. The first-order chi connectivity index (χ1) is 14.0. The van der Waals surface area contributed by atoms with E-state index in [1.165, 1.54) is 0 Å². The number of aromatic nitrogens is 2. The van der Waals surface area contributed by atoms with Crippen LogP contribution in [0.3, 0.4) is 0 Å². The molecule has 1 aromatic heterocycles. The number of amides is 1. The largest absolute Gasteiger partial charge is 0.508 e. The number of nitrogens with zero attached hydrogens (tertiary/aromatic N) is 5. The minimum absolute atomic E-state index is 0.0193. The highest BCUT2D eigenvalue weighted by molar-refractivity contribution is 5.95. The number of benzene rings is 1. The predicted molar refractivity (Wildman–Crippen MR) is 112 cm³/mol. The highest BCUT2D eigenvalue weighted by atomic mass is 16.3. The third-order valence-corrected chi connectivity index (χ3v) is 5.99. The molecular weight excluding hydrogens is 366 g/mol. The second-order valence-corrected chi connectivity index (χ2v) is 8.24. The first-order valence-electron chi connectivity index (χ1n) is 10.3. The van der Waals surface area contributed by atoms with Gasteiger partial charge in [0.1, 0.15) is 5.75 Å². The summed E-state index contributed by atoms with van der Waals surface area (Å²) in [4.78, 5) is 28.6. The van der Waals surface area contributed by atoms with Crippen LogP contribution in [0.5, 0.6) is 5.75 Å². The lowest BCUT2D eigenvalue weighted by molar-refractivity contribution is 0.0785. The average molecular weight is 396 g/mol. The summed E-state index contributed by atoms with van der Waals surface area (Å²) in [6.07, 6.45) is 3.54. The Bertz CT molecular complexity index is 879. The van der Waals surface area contributed by atoms with Crippen LogP contribution in [-0.2, 0) is 6.42 Å². The molecule has 2 aliphatic rings. The van der Waals surface area contributed by atoms with Gasteiger partial charge in [-0.25, -0.2) is 9.97 Å². The Morgan fingerprint density at radius 2 is 2.00 bits per heavy atom. The fourth-order valence-electron chi connectivity index (χ4n) is 4.19. The monoisotopic (exact) mass is 395 g/mol. The van der Waals surface area contributed by atoms with Crippen LogP contribution in [0.4, 0.5) is 5.95 Å². The van der Waals surface area contributed by atoms with Gasteiger partial charge in [0.15, 0.2) is 0 Å². The molecular formula is C22H29N5O2. The molecule has 0 spiro atoms. The van der Waals surface area contributed by atoms with E-state index in [1.807, 2.05) is 24.0 Å². The Morgan fingerprint density at radius 1 is 1.21 bits per heavy atom. The number of aryl methyl sites for hydroxylation is 1. The molecule has 1 aromatic carbocycles. The average Bonchev–Trinajstić information content (AvgIpc) is 3.16. The molecule has 0 saturated carbocycles. The van der Waals surface area contributed by atoms with Gasteiger partial charge in [-0.05, 0) is 50.4 Å². The van der Waals surface area contributed by atoms with E-state index in [4.69, 9.17) is 0 Å². The fourth-order valence-corrected chi connectivity index (χ4v) is 4.19. The van der Waals surface area contributed by atoms with E-state index in [0.717, 1.165) is 69.3 Å². The Morgan fingerprint density at radius 3 is 2.72 bits per heavy atom. The van der Waals surface area contributed by atoms with E-state index in [0.29, 0.717) is 17.2 Å². The molecule has 0 radical (unpaired) electrons. The summed E-state index contributed by atoms with van der Waals surface area (Å²) >= 11 is 0. The van der Waals surface area contributed by atoms with Gasteiger partial charge in [0, 0.05) is 45.5 Å². The third kappa shape index (κ3) is 4.50. The van der Waals surface area contributed by atoms with Crippen molar-refractivity contribution in [2.45, 2.75) is 19.8 Å². The van der Waals surface area contributed by atoms with Crippen molar-refractivity contribution in [1.29, 1.82) is 0 Å². The van der Waals surface area contributed by atoms with Crippen molar-refractivity contribution in [3.05, 3.63) is 47.3 Å². The van der Waals surface area contributed by atoms with Crippen LogP contribution in [0, 0.1) is 12.8 Å².